The fraction of sp³-hybridized carbons (Fsp3) is 0.250. The molecule has 2 N–H and O–H groups in total. The summed E-state index contributed by atoms with van der Waals surface area (Å²) in [6.07, 6.45) is -0.632. The minimum absolute atomic E-state index is 0.693. The lowest BCUT2D eigenvalue weighted by Crippen LogP contribution is -2.33. The molecule has 6 heteroatoms. The summed E-state index contributed by atoms with van der Waals surface area (Å²) in [7, 11) is 0. The lowest BCUT2D eigenvalue weighted by atomic mass is 10.3. The van der Waals surface area contributed by atoms with Crippen molar-refractivity contribution in [3.8, 4) is 0 Å². The van der Waals surface area contributed by atoms with Gasteiger partial charge in [0.2, 0.25) is 6.10 Å². The lowest BCUT2D eigenvalue weighted by Gasteiger charge is -2.14. The van der Waals surface area contributed by atoms with E-state index in [4.69, 9.17) is 5.11 Å². The van der Waals surface area contributed by atoms with Gasteiger partial charge in [0.15, 0.2) is 0 Å². The number of carboxylic acid groups (broad SMARTS) is 1. The Morgan fingerprint density at radius 1 is 1.90 bits per heavy atom. The van der Waals surface area contributed by atoms with Crippen molar-refractivity contribution in [2.75, 3.05) is 0 Å². The molecule has 0 bridgehead atoms. The van der Waals surface area contributed by atoms with Gasteiger partial charge in [0.05, 0.1) is 0 Å². The van der Waals surface area contributed by atoms with Crippen molar-refractivity contribution in [2.45, 2.75) is 6.10 Å². The maximum Gasteiger partial charge on any atom is 0.339 e. The van der Waals surface area contributed by atoms with Crippen LogP contribution in [0.1, 0.15) is 0 Å². The number of rotatable bonds is 1. The van der Waals surface area contributed by atoms with Crippen molar-refractivity contribution in [3.05, 3.63) is 12.1 Å². The summed E-state index contributed by atoms with van der Waals surface area (Å²) < 4.78 is 12.0. The smallest absolute Gasteiger partial charge is 0.339 e. The minimum atomic E-state index is -1.33. The molecule has 10 heavy (non-hydrogen) atoms. The molecule has 0 saturated carbocycles. The third-order valence-electron chi connectivity index (χ3n) is 0.840. The van der Waals surface area contributed by atoms with Gasteiger partial charge in [-0.05, 0) is 5.64 Å². The van der Waals surface area contributed by atoms with Gasteiger partial charge >= 0.3 is 5.97 Å². The maximum absolute atomic E-state index is 12.0. The highest BCUT2D eigenvalue weighted by Gasteiger charge is 2.21. The molecule has 1 atom stereocenters. The van der Waals surface area contributed by atoms with Gasteiger partial charge in [-0.15, -0.1) is 0 Å². The first-order valence-electron chi connectivity index (χ1n) is 2.38. The van der Waals surface area contributed by atoms with Crippen molar-refractivity contribution in [3.63, 3.8) is 0 Å². The first-order valence-corrected chi connectivity index (χ1v) is 2.38. The molecule has 1 heterocycles. The third-order valence-corrected chi connectivity index (χ3v) is 0.840. The van der Waals surface area contributed by atoms with Crippen molar-refractivity contribution < 1.29 is 24.0 Å². The lowest BCUT2D eigenvalue weighted by molar-refractivity contribution is -0.206. The summed E-state index contributed by atoms with van der Waals surface area (Å²) in [6.45, 7) is 0. The van der Waals surface area contributed by atoms with Gasteiger partial charge in [0.1, 0.15) is 0 Å². The fourth-order valence-electron chi connectivity index (χ4n) is 0.424. The topological polar surface area (TPSA) is 67.8 Å². The Kier molecular flexibility index (Phi) is 1.83. The zero-order valence-corrected chi connectivity index (χ0v) is 4.70. The van der Waals surface area contributed by atoms with Gasteiger partial charge in [-0.25, -0.2) is 9.63 Å². The SMILES string of the molecule is O=C(O)C1C=C(F)ONO1. The second-order valence-corrected chi connectivity index (χ2v) is 1.53. The largest absolute Gasteiger partial charge is 0.479 e. The van der Waals surface area contributed by atoms with E-state index in [0.717, 1.165) is 0 Å². The normalized spacial score (nSPS) is 24.9. The highest BCUT2D eigenvalue weighted by Crippen LogP contribution is 2.06. The molecule has 1 rings (SSSR count). The predicted molar refractivity (Wildman–Crippen MR) is 25.9 cm³/mol. The second-order valence-electron chi connectivity index (χ2n) is 1.53. The molecule has 0 radical (unpaired) electrons. The monoisotopic (exact) mass is 149 g/mol. The van der Waals surface area contributed by atoms with Crippen molar-refractivity contribution in [2.24, 2.45) is 0 Å². The zero-order valence-electron chi connectivity index (χ0n) is 4.70. The molecule has 1 aliphatic rings. The molecular formula is C4H4FNO4. The van der Waals surface area contributed by atoms with Crippen molar-refractivity contribution in [1.82, 2.24) is 5.64 Å². The van der Waals surface area contributed by atoms with E-state index in [-0.39, 0.29) is 0 Å². The van der Waals surface area contributed by atoms with Gasteiger partial charge in [-0.2, -0.15) is 4.39 Å². The molecule has 1 unspecified atom stereocenters. The Balaban J connectivity index is 2.62. The average molecular weight is 149 g/mol. The first kappa shape index (κ1) is 6.97. The molecule has 1 aliphatic heterocycles. The summed E-state index contributed by atoms with van der Waals surface area (Å²) in [5.74, 6) is -1.29. The van der Waals surface area contributed by atoms with E-state index in [1.165, 1.54) is 0 Å². The molecule has 0 fully saturated rings. The molecule has 5 nitrogen and oxygen atoms in total. The van der Waals surface area contributed by atoms with Crippen LogP contribution < -0.4 is 5.64 Å². The van der Waals surface area contributed by atoms with Crippen LogP contribution in [-0.2, 0) is 14.5 Å². The van der Waals surface area contributed by atoms with E-state index in [9.17, 15) is 9.18 Å². The Hall–Kier alpha value is -1.14. The van der Waals surface area contributed by atoms with Gasteiger partial charge < -0.3 is 9.94 Å². The zero-order chi connectivity index (χ0) is 7.56. The van der Waals surface area contributed by atoms with Gasteiger partial charge in [0, 0.05) is 6.08 Å². The van der Waals surface area contributed by atoms with E-state index in [1.54, 1.807) is 5.64 Å². The quantitative estimate of drug-likeness (QED) is 0.536. The summed E-state index contributed by atoms with van der Waals surface area (Å²) >= 11 is 0. The Morgan fingerprint density at radius 3 is 3.00 bits per heavy atom. The molecule has 0 amide bonds. The third kappa shape index (κ3) is 1.42. The van der Waals surface area contributed by atoms with Crippen LogP contribution in [0, 0.1) is 0 Å². The Labute approximate surface area is 54.9 Å². The maximum atomic E-state index is 12.0. The van der Waals surface area contributed by atoms with Crippen molar-refractivity contribution in [1.29, 1.82) is 0 Å². The Bertz CT molecular complexity index is 180. The van der Waals surface area contributed by atoms with Crippen LogP contribution in [0.4, 0.5) is 4.39 Å². The number of halogens is 1. The molecule has 0 aliphatic carbocycles. The number of carboxylic acids is 1. The van der Waals surface area contributed by atoms with E-state index in [1.807, 2.05) is 0 Å². The Morgan fingerprint density at radius 2 is 2.60 bits per heavy atom. The highest BCUT2D eigenvalue weighted by molar-refractivity contribution is 5.74. The van der Waals surface area contributed by atoms with Crippen LogP contribution in [-0.4, -0.2) is 17.2 Å². The van der Waals surface area contributed by atoms with Crippen LogP contribution in [0.25, 0.3) is 0 Å². The molecule has 56 valence electrons. The number of nitrogens with one attached hydrogen (secondary N) is 1. The van der Waals surface area contributed by atoms with E-state index in [0.29, 0.717) is 6.08 Å². The van der Waals surface area contributed by atoms with Crippen LogP contribution in [0.5, 0.6) is 0 Å². The number of aliphatic carboxylic acids is 1. The highest BCUT2D eigenvalue weighted by atomic mass is 19.1. The fourth-order valence-corrected chi connectivity index (χ4v) is 0.424. The van der Waals surface area contributed by atoms with Gasteiger partial charge in [0.25, 0.3) is 6.01 Å². The molecular weight excluding hydrogens is 145 g/mol. The van der Waals surface area contributed by atoms with E-state index >= 15 is 0 Å². The number of hydrogen-bond donors (Lipinski definition) is 2. The minimum Gasteiger partial charge on any atom is -0.479 e. The van der Waals surface area contributed by atoms with E-state index in [2.05, 4.69) is 9.68 Å². The van der Waals surface area contributed by atoms with E-state index < -0.39 is 18.1 Å². The summed E-state index contributed by atoms with van der Waals surface area (Å²) in [4.78, 5) is 18.2. The summed E-state index contributed by atoms with van der Waals surface area (Å²) in [6, 6.07) is -1.02. The molecule has 0 spiro atoms. The molecule has 0 aromatic heterocycles. The molecule has 0 aromatic rings. The van der Waals surface area contributed by atoms with Crippen molar-refractivity contribution >= 4 is 5.97 Å². The predicted octanol–water partition coefficient (Wildman–Crippen LogP) is -0.283. The summed E-state index contributed by atoms with van der Waals surface area (Å²) in [5, 5.41) is 8.22. The molecule has 0 aromatic carbocycles. The number of hydrogen-bond acceptors (Lipinski definition) is 4. The van der Waals surface area contributed by atoms with Crippen LogP contribution in [0.3, 0.4) is 0 Å². The first-order chi connectivity index (χ1) is 4.70. The van der Waals surface area contributed by atoms with Crippen LogP contribution >= 0.6 is 0 Å². The number of carbonyl (C=O) groups is 1. The summed E-state index contributed by atoms with van der Waals surface area (Å²) in [5.41, 5.74) is 1.64. The van der Waals surface area contributed by atoms with Crippen LogP contribution in [0.2, 0.25) is 0 Å². The van der Waals surface area contributed by atoms with Gasteiger partial charge in [-0.3, -0.25) is 0 Å². The second kappa shape index (κ2) is 2.63. The van der Waals surface area contributed by atoms with Gasteiger partial charge in [-0.1, -0.05) is 0 Å². The average Bonchev–Trinajstić information content (AvgIpc) is 1.88. The standard InChI is InChI=1S/C4H4FNO4/c5-3-1-2(4(7)8)9-6-10-3/h1-2,6H,(H,7,8). The van der Waals surface area contributed by atoms with Crippen LogP contribution in [0.15, 0.2) is 12.1 Å². The molecule has 0 saturated heterocycles.